The fourth-order valence-electron chi connectivity index (χ4n) is 2.05. The maximum Gasteiger partial charge on any atom is 0.274 e. The number of carbonyl (C=O) groups excluding carboxylic acids is 1. The lowest BCUT2D eigenvalue weighted by molar-refractivity contribution is 0.102. The van der Waals surface area contributed by atoms with Crippen LogP contribution >= 0.6 is 0 Å². The van der Waals surface area contributed by atoms with Gasteiger partial charge in [-0.25, -0.2) is 13.1 Å². The van der Waals surface area contributed by atoms with Crippen molar-refractivity contribution < 1.29 is 13.2 Å². The Morgan fingerprint density at radius 3 is 2.71 bits per heavy atom. The van der Waals surface area contributed by atoms with Crippen LogP contribution in [0.4, 0.5) is 5.69 Å². The zero-order valence-electron chi connectivity index (χ0n) is 13.5. The fourth-order valence-corrected chi connectivity index (χ4v) is 3.25. The van der Waals surface area contributed by atoms with Gasteiger partial charge in [0.2, 0.25) is 10.0 Å². The molecule has 128 valence electrons. The first-order valence-electron chi connectivity index (χ1n) is 7.79. The summed E-state index contributed by atoms with van der Waals surface area (Å²) in [5.41, 5.74) is 1.69. The van der Waals surface area contributed by atoms with Gasteiger partial charge in [-0.3, -0.25) is 9.78 Å². The minimum Gasteiger partial charge on any atom is -0.321 e. The van der Waals surface area contributed by atoms with Crippen LogP contribution in [0, 0.1) is 0 Å². The maximum absolute atomic E-state index is 12.1. The van der Waals surface area contributed by atoms with Gasteiger partial charge < -0.3 is 5.32 Å². The molecule has 0 spiro atoms. The van der Waals surface area contributed by atoms with E-state index >= 15 is 0 Å². The molecule has 0 saturated carbocycles. The predicted molar refractivity (Wildman–Crippen MR) is 94.2 cm³/mol. The number of aromatic nitrogens is 1. The number of anilines is 1. The van der Waals surface area contributed by atoms with Crippen LogP contribution < -0.4 is 10.0 Å². The smallest absolute Gasteiger partial charge is 0.274 e. The van der Waals surface area contributed by atoms with Gasteiger partial charge in [0.1, 0.15) is 5.69 Å². The van der Waals surface area contributed by atoms with E-state index in [1.165, 1.54) is 0 Å². The molecule has 0 atom stereocenters. The number of benzene rings is 1. The molecule has 7 heteroatoms. The van der Waals surface area contributed by atoms with Crippen LogP contribution in [-0.2, 0) is 16.6 Å². The lowest BCUT2D eigenvalue weighted by Crippen LogP contribution is -2.26. The van der Waals surface area contributed by atoms with Crippen LogP contribution in [0.2, 0.25) is 0 Å². The van der Waals surface area contributed by atoms with E-state index in [1.54, 1.807) is 48.7 Å². The Labute approximate surface area is 142 Å². The molecular formula is C17H21N3O3S. The molecule has 0 aliphatic carbocycles. The summed E-state index contributed by atoms with van der Waals surface area (Å²) < 4.78 is 26.2. The standard InChI is InChI=1S/C17H21N3O3S/c1-2-3-11-24(22,23)19-13-14-7-6-8-15(12-14)20-17(21)16-9-4-5-10-18-16/h4-10,12,19H,2-3,11,13H2,1H3,(H,20,21). The van der Waals surface area contributed by atoms with Gasteiger partial charge in [0.25, 0.3) is 5.91 Å². The van der Waals surface area contributed by atoms with Gasteiger partial charge in [0.05, 0.1) is 5.75 Å². The number of unbranched alkanes of at least 4 members (excludes halogenated alkanes) is 1. The highest BCUT2D eigenvalue weighted by molar-refractivity contribution is 7.89. The second kappa shape index (κ2) is 8.56. The second-order valence-corrected chi connectivity index (χ2v) is 7.29. The zero-order valence-corrected chi connectivity index (χ0v) is 14.3. The molecule has 2 aromatic rings. The predicted octanol–water partition coefficient (Wildman–Crippen LogP) is 2.55. The van der Waals surface area contributed by atoms with E-state index in [4.69, 9.17) is 0 Å². The number of nitrogens with zero attached hydrogens (tertiary/aromatic N) is 1. The maximum atomic E-state index is 12.1. The Balaban J connectivity index is 1.98. The number of nitrogens with one attached hydrogen (secondary N) is 2. The number of pyridine rings is 1. The summed E-state index contributed by atoms with van der Waals surface area (Å²) in [6.07, 6.45) is 3.02. The van der Waals surface area contributed by atoms with E-state index in [9.17, 15) is 13.2 Å². The summed E-state index contributed by atoms with van der Waals surface area (Å²) in [5.74, 6) is -0.184. The lowest BCUT2D eigenvalue weighted by Gasteiger charge is -2.09. The number of sulfonamides is 1. The van der Waals surface area contributed by atoms with E-state index in [-0.39, 0.29) is 18.2 Å². The van der Waals surface area contributed by atoms with Crippen LogP contribution in [-0.4, -0.2) is 25.1 Å². The van der Waals surface area contributed by atoms with Crippen LogP contribution in [0.25, 0.3) is 0 Å². The van der Waals surface area contributed by atoms with Crippen molar-refractivity contribution in [1.82, 2.24) is 9.71 Å². The third kappa shape index (κ3) is 5.75. The van der Waals surface area contributed by atoms with Crippen molar-refractivity contribution >= 4 is 21.6 Å². The lowest BCUT2D eigenvalue weighted by atomic mass is 10.2. The van der Waals surface area contributed by atoms with E-state index < -0.39 is 10.0 Å². The molecule has 24 heavy (non-hydrogen) atoms. The highest BCUT2D eigenvalue weighted by Gasteiger charge is 2.10. The summed E-state index contributed by atoms with van der Waals surface area (Å²) >= 11 is 0. The monoisotopic (exact) mass is 347 g/mol. The van der Waals surface area contributed by atoms with E-state index in [2.05, 4.69) is 15.0 Å². The van der Waals surface area contributed by atoms with Gasteiger partial charge in [0, 0.05) is 18.4 Å². The quantitative estimate of drug-likeness (QED) is 0.768. The highest BCUT2D eigenvalue weighted by Crippen LogP contribution is 2.12. The van der Waals surface area contributed by atoms with Crippen molar-refractivity contribution in [3.63, 3.8) is 0 Å². The molecule has 2 rings (SSSR count). The molecule has 1 heterocycles. The Morgan fingerprint density at radius 1 is 1.17 bits per heavy atom. The molecule has 0 fully saturated rings. The van der Waals surface area contributed by atoms with Crippen molar-refractivity contribution in [3.05, 3.63) is 59.9 Å². The molecule has 1 aromatic heterocycles. The molecule has 1 aromatic carbocycles. The summed E-state index contributed by atoms with van der Waals surface area (Å²) in [5, 5.41) is 2.75. The summed E-state index contributed by atoms with van der Waals surface area (Å²) in [4.78, 5) is 16.1. The Hall–Kier alpha value is -2.25. The Bertz CT molecular complexity index is 777. The number of rotatable bonds is 8. The van der Waals surface area contributed by atoms with Gasteiger partial charge in [-0.15, -0.1) is 0 Å². The first kappa shape index (κ1) is 18.1. The third-order valence-electron chi connectivity index (χ3n) is 3.35. The first-order chi connectivity index (χ1) is 11.5. The SMILES string of the molecule is CCCCS(=O)(=O)NCc1cccc(NC(=O)c2ccccn2)c1. The Kier molecular flexibility index (Phi) is 6.45. The van der Waals surface area contributed by atoms with Gasteiger partial charge in [-0.05, 0) is 36.2 Å². The average Bonchev–Trinajstić information content (AvgIpc) is 2.59. The second-order valence-electron chi connectivity index (χ2n) is 5.36. The van der Waals surface area contributed by atoms with Crippen LogP contribution in [0.15, 0.2) is 48.7 Å². The normalized spacial score (nSPS) is 11.2. The van der Waals surface area contributed by atoms with Gasteiger partial charge in [-0.2, -0.15) is 0 Å². The Morgan fingerprint density at radius 2 is 2.00 bits per heavy atom. The van der Waals surface area contributed by atoms with Crippen molar-refractivity contribution in [3.8, 4) is 0 Å². The zero-order chi connectivity index (χ0) is 17.4. The van der Waals surface area contributed by atoms with E-state index in [0.717, 1.165) is 12.0 Å². The minimum absolute atomic E-state index is 0.125. The van der Waals surface area contributed by atoms with Crippen molar-refractivity contribution in [2.75, 3.05) is 11.1 Å². The van der Waals surface area contributed by atoms with Gasteiger partial charge in [0.15, 0.2) is 0 Å². The molecule has 0 bridgehead atoms. The molecule has 0 aliphatic rings. The summed E-state index contributed by atoms with van der Waals surface area (Å²) in [6.45, 7) is 2.14. The topological polar surface area (TPSA) is 88.2 Å². The number of hydrogen-bond acceptors (Lipinski definition) is 4. The minimum atomic E-state index is -3.27. The summed E-state index contributed by atoms with van der Waals surface area (Å²) in [7, 11) is -3.27. The largest absolute Gasteiger partial charge is 0.321 e. The number of hydrogen-bond donors (Lipinski definition) is 2. The molecule has 0 aliphatic heterocycles. The van der Waals surface area contributed by atoms with Crippen molar-refractivity contribution in [2.45, 2.75) is 26.3 Å². The van der Waals surface area contributed by atoms with Gasteiger partial charge >= 0.3 is 0 Å². The average molecular weight is 347 g/mol. The van der Waals surface area contributed by atoms with Crippen LogP contribution in [0.3, 0.4) is 0 Å². The molecule has 2 N–H and O–H groups in total. The molecule has 0 saturated heterocycles. The molecule has 6 nitrogen and oxygen atoms in total. The molecule has 0 unspecified atom stereocenters. The van der Waals surface area contributed by atoms with Crippen molar-refractivity contribution in [2.24, 2.45) is 0 Å². The van der Waals surface area contributed by atoms with Gasteiger partial charge in [-0.1, -0.05) is 31.5 Å². The number of carbonyl (C=O) groups is 1. The molecule has 1 amide bonds. The van der Waals surface area contributed by atoms with E-state index in [1.807, 2.05) is 6.92 Å². The van der Waals surface area contributed by atoms with Crippen molar-refractivity contribution in [1.29, 1.82) is 0 Å². The first-order valence-corrected chi connectivity index (χ1v) is 9.44. The van der Waals surface area contributed by atoms with Crippen LogP contribution in [0.5, 0.6) is 0 Å². The molecule has 0 radical (unpaired) electrons. The van der Waals surface area contributed by atoms with E-state index in [0.29, 0.717) is 17.8 Å². The van der Waals surface area contributed by atoms with Crippen LogP contribution in [0.1, 0.15) is 35.8 Å². The third-order valence-corrected chi connectivity index (χ3v) is 4.76. The molecular weight excluding hydrogens is 326 g/mol. The number of amides is 1. The fraction of sp³-hybridized carbons (Fsp3) is 0.294. The highest BCUT2D eigenvalue weighted by atomic mass is 32.2. The summed E-state index contributed by atoms with van der Waals surface area (Å²) in [6, 6.07) is 12.2.